The first-order valence-corrected chi connectivity index (χ1v) is 10.7. The first-order chi connectivity index (χ1) is 15.7. The molecular formula is C25H21N5O2. The molecule has 0 bridgehead atoms. The molecule has 0 saturated carbocycles. The van der Waals surface area contributed by atoms with Crippen molar-refractivity contribution in [1.29, 1.82) is 0 Å². The molecule has 158 valence electrons. The van der Waals surface area contributed by atoms with Gasteiger partial charge < -0.3 is 9.64 Å². The Kier molecular flexibility index (Phi) is 4.35. The number of anilines is 1. The number of fused-ring (bicyclic) bond motifs is 2. The third-order valence-electron chi connectivity index (χ3n) is 6.22. The fraction of sp³-hybridized carbons (Fsp3) is 0.240. The zero-order chi connectivity index (χ0) is 21.7. The number of ether oxygens (including phenoxy) is 1. The van der Waals surface area contributed by atoms with E-state index in [9.17, 15) is 4.79 Å². The van der Waals surface area contributed by atoms with Crippen LogP contribution >= 0.6 is 0 Å². The third-order valence-corrected chi connectivity index (χ3v) is 6.22. The standard InChI is InChI=1S/C25H21N5O2/c1-32-18-7-4-6-15(11-18)22-23(27-20-9-10-21(31)24(20)29-22)17-13-30(14-17)25-26-12-16-5-2-3-8-19(16)28-25/h2-8,11-12,17H,9-10,13-14H2,1H3. The molecule has 6 rings (SSSR count). The maximum Gasteiger partial charge on any atom is 0.225 e. The van der Waals surface area contributed by atoms with E-state index in [1.807, 2.05) is 54.7 Å². The largest absolute Gasteiger partial charge is 0.497 e. The molecule has 2 aromatic heterocycles. The fourth-order valence-electron chi connectivity index (χ4n) is 4.43. The van der Waals surface area contributed by atoms with Crippen LogP contribution in [0.5, 0.6) is 5.75 Å². The van der Waals surface area contributed by atoms with Crippen LogP contribution in [-0.2, 0) is 6.42 Å². The Labute approximate surface area is 185 Å². The molecule has 1 aliphatic heterocycles. The van der Waals surface area contributed by atoms with Gasteiger partial charge in [-0.2, -0.15) is 0 Å². The lowest BCUT2D eigenvalue weighted by Crippen LogP contribution is -2.46. The molecular weight excluding hydrogens is 402 g/mol. The van der Waals surface area contributed by atoms with Gasteiger partial charge in [0.2, 0.25) is 5.95 Å². The smallest absolute Gasteiger partial charge is 0.225 e. The van der Waals surface area contributed by atoms with Gasteiger partial charge in [0.25, 0.3) is 0 Å². The van der Waals surface area contributed by atoms with Crippen molar-refractivity contribution in [3.63, 3.8) is 0 Å². The number of ketones is 1. The average molecular weight is 423 g/mol. The molecule has 2 aromatic carbocycles. The minimum Gasteiger partial charge on any atom is -0.497 e. The lowest BCUT2D eigenvalue weighted by molar-refractivity contribution is 0.0990. The summed E-state index contributed by atoms with van der Waals surface area (Å²) in [4.78, 5) is 33.5. The Balaban J connectivity index is 1.35. The molecule has 0 spiro atoms. The zero-order valence-corrected chi connectivity index (χ0v) is 17.7. The van der Waals surface area contributed by atoms with Gasteiger partial charge in [0, 0.05) is 42.6 Å². The number of hydrogen-bond donors (Lipinski definition) is 0. The SMILES string of the molecule is COc1cccc(-c2nc3c(nc2C2CN(c4ncc5ccccc5n4)C2)CCC3=O)c1. The molecule has 1 saturated heterocycles. The summed E-state index contributed by atoms with van der Waals surface area (Å²) in [7, 11) is 1.64. The van der Waals surface area contributed by atoms with Gasteiger partial charge in [-0.15, -0.1) is 0 Å². The Morgan fingerprint density at radius 3 is 2.72 bits per heavy atom. The summed E-state index contributed by atoms with van der Waals surface area (Å²) in [6.07, 6.45) is 3.02. The van der Waals surface area contributed by atoms with Gasteiger partial charge >= 0.3 is 0 Å². The van der Waals surface area contributed by atoms with Crippen LogP contribution in [0, 0.1) is 0 Å². The van der Waals surface area contributed by atoms with Crippen LogP contribution in [0.15, 0.2) is 54.7 Å². The Bertz CT molecular complexity index is 1360. The highest BCUT2D eigenvalue weighted by Crippen LogP contribution is 2.37. The van der Waals surface area contributed by atoms with Gasteiger partial charge in [-0.3, -0.25) is 9.78 Å². The van der Waals surface area contributed by atoms with Gasteiger partial charge in [0.15, 0.2) is 5.78 Å². The number of methoxy groups -OCH3 is 1. The molecule has 2 aliphatic rings. The van der Waals surface area contributed by atoms with Crippen molar-refractivity contribution >= 4 is 22.6 Å². The lowest BCUT2D eigenvalue weighted by Gasteiger charge is -2.39. The van der Waals surface area contributed by atoms with Crippen molar-refractivity contribution in [1.82, 2.24) is 19.9 Å². The number of Topliss-reactive ketones (excluding diaryl/α,β-unsaturated/α-hetero) is 1. The molecule has 3 heterocycles. The van der Waals surface area contributed by atoms with Crippen LogP contribution in [0.4, 0.5) is 5.95 Å². The van der Waals surface area contributed by atoms with Crippen LogP contribution in [0.3, 0.4) is 0 Å². The third kappa shape index (κ3) is 3.09. The molecule has 32 heavy (non-hydrogen) atoms. The molecule has 4 aromatic rings. The molecule has 7 heteroatoms. The van der Waals surface area contributed by atoms with Crippen molar-refractivity contribution < 1.29 is 9.53 Å². The Morgan fingerprint density at radius 1 is 0.969 bits per heavy atom. The van der Waals surface area contributed by atoms with Crippen molar-refractivity contribution in [2.24, 2.45) is 0 Å². The minimum absolute atomic E-state index is 0.0722. The second-order valence-electron chi connectivity index (χ2n) is 8.24. The number of hydrogen-bond acceptors (Lipinski definition) is 7. The molecule has 0 unspecified atom stereocenters. The van der Waals surface area contributed by atoms with Gasteiger partial charge in [-0.1, -0.05) is 30.3 Å². The van der Waals surface area contributed by atoms with E-state index < -0.39 is 0 Å². The predicted molar refractivity (Wildman–Crippen MR) is 121 cm³/mol. The average Bonchev–Trinajstić information content (AvgIpc) is 3.17. The number of para-hydroxylation sites is 1. The number of aromatic nitrogens is 4. The summed E-state index contributed by atoms with van der Waals surface area (Å²) in [6, 6.07) is 15.8. The van der Waals surface area contributed by atoms with Crippen LogP contribution < -0.4 is 9.64 Å². The molecule has 0 radical (unpaired) electrons. The summed E-state index contributed by atoms with van der Waals surface area (Å²) in [5.74, 6) is 1.75. The van der Waals surface area contributed by atoms with Crippen LogP contribution in [0.25, 0.3) is 22.2 Å². The number of rotatable bonds is 4. The van der Waals surface area contributed by atoms with Gasteiger partial charge in [0.05, 0.1) is 29.7 Å². The van der Waals surface area contributed by atoms with Crippen molar-refractivity contribution in [2.75, 3.05) is 25.1 Å². The van der Waals surface area contributed by atoms with E-state index in [-0.39, 0.29) is 11.7 Å². The topological polar surface area (TPSA) is 81.1 Å². The summed E-state index contributed by atoms with van der Waals surface area (Å²) < 4.78 is 5.40. The van der Waals surface area contributed by atoms with Crippen molar-refractivity contribution in [3.8, 4) is 17.0 Å². The molecule has 7 nitrogen and oxygen atoms in total. The summed E-state index contributed by atoms with van der Waals surface area (Å²) in [5.41, 5.74) is 4.88. The summed E-state index contributed by atoms with van der Waals surface area (Å²) in [5, 5.41) is 1.03. The number of aryl methyl sites for hydroxylation is 1. The van der Waals surface area contributed by atoms with E-state index in [4.69, 9.17) is 19.7 Å². The second-order valence-corrected chi connectivity index (χ2v) is 8.24. The van der Waals surface area contributed by atoms with E-state index in [0.29, 0.717) is 18.5 Å². The van der Waals surface area contributed by atoms with Crippen molar-refractivity contribution in [2.45, 2.75) is 18.8 Å². The first kappa shape index (κ1) is 18.9. The van der Waals surface area contributed by atoms with Gasteiger partial charge in [0.1, 0.15) is 11.4 Å². The van der Waals surface area contributed by atoms with E-state index >= 15 is 0 Å². The highest BCUT2D eigenvalue weighted by molar-refractivity contribution is 5.98. The number of carbonyl (C=O) groups is 1. The van der Waals surface area contributed by atoms with E-state index in [1.165, 1.54) is 0 Å². The molecule has 0 atom stereocenters. The number of nitrogens with zero attached hydrogens (tertiary/aromatic N) is 5. The summed E-state index contributed by atoms with van der Waals surface area (Å²) >= 11 is 0. The fourth-order valence-corrected chi connectivity index (χ4v) is 4.43. The number of benzene rings is 2. The van der Waals surface area contributed by atoms with Crippen LogP contribution in [0.1, 0.15) is 34.2 Å². The normalized spacial score (nSPS) is 15.7. The highest BCUT2D eigenvalue weighted by Gasteiger charge is 2.35. The van der Waals surface area contributed by atoms with Gasteiger partial charge in [-0.25, -0.2) is 15.0 Å². The zero-order valence-electron chi connectivity index (χ0n) is 17.7. The lowest BCUT2D eigenvalue weighted by atomic mass is 9.92. The molecule has 1 fully saturated rings. The summed E-state index contributed by atoms with van der Waals surface area (Å²) in [6.45, 7) is 1.52. The molecule has 0 amide bonds. The maximum atomic E-state index is 12.3. The van der Waals surface area contributed by atoms with E-state index in [1.54, 1.807) is 7.11 Å². The van der Waals surface area contributed by atoms with Crippen LogP contribution in [0.2, 0.25) is 0 Å². The predicted octanol–water partition coefficient (Wildman–Crippen LogP) is 3.83. The molecule has 1 aliphatic carbocycles. The van der Waals surface area contributed by atoms with E-state index in [0.717, 1.165) is 58.3 Å². The molecule has 0 N–H and O–H groups in total. The van der Waals surface area contributed by atoms with Gasteiger partial charge in [-0.05, 0) is 24.6 Å². The minimum atomic E-state index is 0.0722. The Hall–Kier alpha value is -3.87. The monoisotopic (exact) mass is 423 g/mol. The number of carbonyl (C=O) groups excluding carboxylic acids is 1. The Morgan fingerprint density at radius 2 is 1.84 bits per heavy atom. The quantitative estimate of drug-likeness (QED) is 0.493. The van der Waals surface area contributed by atoms with Crippen LogP contribution in [-0.4, -0.2) is 45.9 Å². The highest BCUT2D eigenvalue weighted by atomic mass is 16.5. The second kappa shape index (κ2) is 7.37. The van der Waals surface area contributed by atoms with Crippen molar-refractivity contribution in [3.05, 3.63) is 71.8 Å². The van der Waals surface area contributed by atoms with E-state index in [2.05, 4.69) is 9.88 Å². The first-order valence-electron chi connectivity index (χ1n) is 10.7. The maximum absolute atomic E-state index is 12.3.